The lowest BCUT2D eigenvalue weighted by atomic mass is 10.2. The zero-order chi connectivity index (χ0) is 20.1. The summed E-state index contributed by atoms with van der Waals surface area (Å²) in [7, 11) is 0. The molecule has 0 spiro atoms. The SMILES string of the molecule is CCN(C(=O)CSc1nnc(-c2cccs2)n1Cc1ccccc1)C1=CCCC1. The van der Waals surface area contributed by atoms with Crippen LogP contribution in [0.25, 0.3) is 10.7 Å². The van der Waals surface area contributed by atoms with E-state index in [1.165, 1.54) is 23.0 Å². The molecule has 5 nitrogen and oxygen atoms in total. The van der Waals surface area contributed by atoms with Crippen molar-refractivity contribution in [2.24, 2.45) is 0 Å². The van der Waals surface area contributed by atoms with Gasteiger partial charge in [0.15, 0.2) is 11.0 Å². The minimum atomic E-state index is 0.137. The molecule has 0 N–H and O–H groups in total. The number of aromatic nitrogens is 3. The Morgan fingerprint density at radius 3 is 2.76 bits per heavy atom. The summed E-state index contributed by atoms with van der Waals surface area (Å²) in [6.45, 7) is 3.43. The summed E-state index contributed by atoms with van der Waals surface area (Å²) < 4.78 is 2.12. The van der Waals surface area contributed by atoms with Gasteiger partial charge in [0.25, 0.3) is 0 Å². The van der Waals surface area contributed by atoms with Crippen molar-refractivity contribution in [2.45, 2.75) is 37.9 Å². The van der Waals surface area contributed by atoms with Gasteiger partial charge in [-0.25, -0.2) is 0 Å². The van der Waals surface area contributed by atoms with Crippen molar-refractivity contribution in [1.29, 1.82) is 0 Å². The molecule has 0 atom stereocenters. The molecule has 0 fully saturated rings. The summed E-state index contributed by atoms with van der Waals surface area (Å²) in [4.78, 5) is 15.8. The molecule has 0 saturated heterocycles. The molecule has 1 amide bonds. The van der Waals surface area contributed by atoms with E-state index in [2.05, 4.69) is 39.0 Å². The van der Waals surface area contributed by atoms with Gasteiger partial charge < -0.3 is 4.90 Å². The van der Waals surface area contributed by atoms with Crippen LogP contribution in [0, 0.1) is 0 Å². The summed E-state index contributed by atoms with van der Waals surface area (Å²) in [5.41, 5.74) is 2.35. The van der Waals surface area contributed by atoms with Crippen molar-refractivity contribution < 1.29 is 4.79 Å². The Balaban J connectivity index is 1.54. The summed E-state index contributed by atoms with van der Waals surface area (Å²) >= 11 is 3.12. The molecule has 1 aliphatic rings. The topological polar surface area (TPSA) is 51.0 Å². The Kier molecular flexibility index (Phi) is 6.46. The molecule has 29 heavy (non-hydrogen) atoms. The molecule has 0 aliphatic heterocycles. The average Bonchev–Trinajstić information content (AvgIpc) is 3.50. The lowest BCUT2D eigenvalue weighted by Crippen LogP contribution is -2.31. The summed E-state index contributed by atoms with van der Waals surface area (Å²) in [6.07, 6.45) is 5.40. The van der Waals surface area contributed by atoms with Crippen LogP contribution < -0.4 is 0 Å². The molecule has 0 bridgehead atoms. The Labute approximate surface area is 179 Å². The van der Waals surface area contributed by atoms with E-state index in [-0.39, 0.29) is 5.91 Å². The van der Waals surface area contributed by atoms with Crippen molar-refractivity contribution in [1.82, 2.24) is 19.7 Å². The number of thioether (sulfide) groups is 1. The largest absolute Gasteiger partial charge is 0.316 e. The maximum atomic E-state index is 12.8. The summed E-state index contributed by atoms with van der Waals surface area (Å²) in [6, 6.07) is 14.4. The highest BCUT2D eigenvalue weighted by molar-refractivity contribution is 7.99. The van der Waals surface area contributed by atoms with Crippen molar-refractivity contribution in [2.75, 3.05) is 12.3 Å². The van der Waals surface area contributed by atoms with E-state index in [1.807, 2.05) is 41.5 Å². The van der Waals surface area contributed by atoms with E-state index in [0.29, 0.717) is 18.8 Å². The molecule has 150 valence electrons. The molecule has 1 aliphatic carbocycles. The van der Waals surface area contributed by atoms with Crippen LogP contribution in [0.4, 0.5) is 0 Å². The maximum Gasteiger partial charge on any atom is 0.237 e. The Morgan fingerprint density at radius 1 is 1.21 bits per heavy atom. The first kappa shape index (κ1) is 19.9. The molecular weight excluding hydrogens is 400 g/mol. The van der Waals surface area contributed by atoms with E-state index < -0.39 is 0 Å². The Bertz CT molecular complexity index is 980. The number of allylic oxidation sites excluding steroid dienone is 2. The number of carbonyl (C=O) groups is 1. The van der Waals surface area contributed by atoms with Gasteiger partial charge in [0.1, 0.15) is 0 Å². The quantitative estimate of drug-likeness (QED) is 0.474. The third-order valence-corrected chi connectivity index (χ3v) is 6.76. The lowest BCUT2D eigenvalue weighted by Gasteiger charge is -2.22. The molecule has 4 rings (SSSR count). The molecule has 0 unspecified atom stereocenters. The minimum absolute atomic E-state index is 0.137. The second-order valence-corrected chi connectivity index (χ2v) is 8.76. The van der Waals surface area contributed by atoms with Gasteiger partial charge in [-0.15, -0.1) is 21.5 Å². The van der Waals surface area contributed by atoms with Crippen LogP contribution in [0.1, 0.15) is 31.7 Å². The van der Waals surface area contributed by atoms with Gasteiger partial charge in [-0.3, -0.25) is 9.36 Å². The summed E-state index contributed by atoms with van der Waals surface area (Å²) in [5.74, 6) is 1.35. The van der Waals surface area contributed by atoms with Crippen LogP contribution >= 0.6 is 23.1 Å². The van der Waals surface area contributed by atoms with E-state index in [0.717, 1.165) is 35.1 Å². The van der Waals surface area contributed by atoms with Gasteiger partial charge in [-0.05, 0) is 43.2 Å². The van der Waals surface area contributed by atoms with Gasteiger partial charge in [-0.2, -0.15) is 0 Å². The Morgan fingerprint density at radius 2 is 2.07 bits per heavy atom. The zero-order valence-corrected chi connectivity index (χ0v) is 18.1. The van der Waals surface area contributed by atoms with Crippen molar-refractivity contribution >= 4 is 29.0 Å². The second kappa shape index (κ2) is 9.41. The zero-order valence-electron chi connectivity index (χ0n) is 16.5. The van der Waals surface area contributed by atoms with Crippen molar-refractivity contribution in [3.63, 3.8) is 0 Å². The fraction of sp³-hybridized carbons (Fsp3) is 0.318. The average molecular weight is 425 g/mol. The minimum Gasteiger partial charge on any atom is -0.316 e. The maximum absolute atomic E-state index is 12.8. The molecule has 0 saturated carbocycles. The van der Waals surface area contributed by atoms with Crippen LogP contribution in [-0.2, 0) is 11.3 Å². The number of amides is 1. The summed E-state index contributed by atoms with van der Waals surface area (Å²) in [5, 5.41) is 11.7. The number of hydrogen-bond acceptors (Lipinski definition) is 5. The predicted octanol–water partition coefficient (Wildman–Crippen LogP) is 5.06. The molecule has 0 radical (unpaired) electrons. The smallest absolute Gasteiger partial charge is 0.237 e. The first-order chi connectivity index (χ1) is 14.3. The van der Waals surface area contributed by atoms with Gasteiger partial charge in [0.2, 0.25) is 5.91 Å². The molecule has 3 aromatic rings. The number of thiophene rings is 1. The highest BCUT2D eigenvalue weighted by Gasteiger charge is 2.21. The van der Waals surface area contributed by atoms with Crippen LogP contribution in [0.15, 0.2) is 64.8 Å². The van der Waals surface area contributed by atoms with Gasteiger partial charge in [0, 0.05) is 12.2 Å². The fourth-order valence-corrected chi connectivity index (χ4v) is 5.07. The molecule has 1 aromatic carbocycles. The van der Waals surface area contributed by atoms with Gasteiger partial charge >= 0.3 is 0 Å². The van der Waals surface area contributed by atoms with Crippen LogP contribution in [-0.4, -0.2) is 37.9 Å². The van der Waals surface area contributed by atoms with E-state index in [9.17, 15) is 4.79 Å². The monoisotopic (exact) mass is 424 g/mol. The molecule has 2 aromatic heterocycles. The molecule has 7 heteroatoms. The highest BCUT2D eigenvalue weighted by Crippen LogP contribution is 2.29. The second-order valence-electron chi connectivity index (χ2n) is 6.87. The standard InChI is InChI=1S/C22H24N4OS2/c1-2-25(18-11-6-7-12-18)20(27)16-29-22-24-23-21(19-13-8-14-28-19)26(22)15-17-9-4-3-5-10-17/h3-5,8-11,13-14H,2,6-7,12,15-16H2,1H3. The third kappa shape index (κ3) is 4.62. The van der Waals surface area contributed by atoms with Crippen LogP contribution in [0.2, 0.25) is 0 Å². The first-order valence-electron chi connectivity index (χ1n) is 9.89. The number of benzene rings is 1. The van der Waals surface area contributed by atoms with Crippen molar-refractivity contribution in [3.8, 4) is 10.7 Å². The van der Waals surface area contributed by atoms with E-state index in [1.54, 1.807) is 11.3 Å². The number of nitrogens with zero attached hydrogens (tertiary/aromatic N) is 4. The van der Waals surface area contributed by atoms with Crippen LogP contribution in [0.5, 0.6) is 0 Å². The van der Waals surface area contributed by atoms with E-state index in [4.69, 9.17) is 0 Å². The van der Waals surface area contributed by atoms with Gasteiger partial charge in [-0.1, -0.05) is 54.2 Å². The highest BCUT2D eigenvalue weighted by atomic mass is 32.2. The molecular formula is C22H24N4OS2. The predicted molar refractivity (Wildman–Crippen MR) is 119 cm³/mol. The van der Waals surface area contributed by atoms with Gasteiger partial charge in [0.05, 0.1) is 17.2 Å². The normalized spacial score (nSPS) is 13.5. The number of rotatable bonds is 8. The van der Waals surface area contributed by atoms with Crippen LogP contribution in [0.3, 0.4) is 0 Å². The lowest BCUT2D eigenvalue weighted by molar-refractivity contribution is -0.126. The third-order valence-electron chi connectivity index (χ3n) is 4.95. The Hall–Kier alpha value is -2.38. The first-order valence-corrected chi connectivity index (χ1v) is 11.8. The van der Waals surface area contributed by atoms with E-state index >= 15 is 0 Å². The van der Waals surface area contributed by atoms with Crippen molar-refractivity contribution in [3.05, 3.63) is 65.2 Å². The fourth-order valence-electron chi connectivity index (χ4n) is 3.53. The molecule has 2 heterocycles. The number of hydrogen-bond donors (Lipinski definition) is 0. The number of carbonyl (C=O) groups excluding carboxylic acids is 1.